The molecule has 0 aliphatic rings. The van der Waals surface area contributed by atoms with Crippen LogP contribution in [0.15, 0.2) is 28.7 Å². The Morgan fingerprint density at radius 1 is 1.10 bits per heavy atom. The maximum absolute atomic E-state index is 13.9. The number of nitrogens with one attached hydrogen (secondary N) is 1. The second-order valence-electron chi connectivity index (χ2n) is 6.75. The number of benzene rings is 1. The number of aromatic nitrogens is 4. The van der Waals surface area contributed by atoms with E-state index in [1.54, 1.807) is 36.7 Å². The molecule has 0 bridgehead atoms. The lowest BCUT2D eigenvalue weighted by Crippen LogP contribution is -2.21. The van der Waals surface area contributed by atoms with Gasteiger partial charge in [0.15, 0.2) is 5.69 Å². The van der Waals surface area contributed by atoms with E-state index in [9.17, 15) is 22.4 Å². The summed E-state index contributed by atoms with van der Waals surface area (Å²) < 4.78 is 55.3. The Balaban J connectivity index is 1.78. The topological polar surface area (TPSA) is 64.7 Å². The van der Waals surface area contributed by atoms with Gasteiger partial charge in [0.05, 0.1) is 33.8 Å². The van der Waals surface area contributed by atoms with E-state index >= 15 is 0 Å². The SMILES string of the molecule is Cc1nn(Cc2ccccc2F)c(C)c1NC(=O)Cn1nc(C(F)(F)F)c(Br)c1C. The van der Waals surface area contributed by atoms with E-state index in [-0.39, 0.29) is 22.5 Å². The van der Waals surface area contributed by atoms with Crippen molar-refractivity contribution >= 4 is 27.5 Å². The van der Waals surface area contributed by atoms with Crippen molar-refractivity contribution in [2.24, 2.45) is 0 Å². The van der Waals surface area contributed by atoms with E-state index in [4.69, 9.17) is 0 Å². The molecular formula is C19H18BrF4N5O. The lowest BCUT2D eigenvalue weighted by molar-refractivity contribution is -0.142. The first kappa shape index (κ1) is 22.0. The molecule has 1 N–H and O–H groups in total. The van der Waals surface area contributed by atoms with Gasteiger partial charge in [-0.25, -0.2) is 4.39 Å². The molecule has 2 aromatic heterocycles. The molecule has 1 aromatic carbocycles. The number of aryl methyl sites for hydroxylation is 1. The summed E-state index contributed by atoms with van der Waals surface area (Å²) >= 11 is 2.88. The number of amides is 1. The molecule has 0 aliphatic heterocycles. The van der Waals surface area contributed by atoms with E-state index in [0.29, 0.717) is 22.6 Å². The van der Waals surface area contributed by atoms with E-state index in [2.05, 4.69) is 31.4 Å². The first-order valence-electron chi connectivity index (χ1n) is 8.86. The van der Waals surface area contributed by atoms with Crippen molar-refractivity contribution in [2.45, 2.75) is 40.0 Å². The zero-order valence-corrected chi connectivity index (χ0v) is 17.9. The second-order valence-corrected chi connectivity index (χ2v) is 7.54. The van der Waals surface area contributed by atoms with Crippen molar-refractivity contribution in [3.63, 3.8) is 0 Å². The summed E-state index contributed by atoms with van der Waals surface area (Å²) in [5.74, 6) is -0.922. The molecule has 3 rings (SSSR count). The molecule has 30 heavy (non-hydrogen) atoms. The van der Waals surface area contributed by atoms with Crippen LogP contribution in [-0.4, -0.2) is 25.5 Å². The Morgan fingerprint density at radius 3 is 2.37 bits per heavy atom. The van der Waals surface area contributed by atoms with Gasteiger partial charge in [0.25, 0.3) is 0 Å². The van der Waals surface area contributed by atoms with E-state index < -0.39 is 24.3 Å². The summed E-state index contributed by atoms with van der Waals surface area (Å²) in [5.41, 5.74) is 1.07. The van der Waals surface area contributed by atoms with Crippen LogP contribution < -0.4 is 5.32 Å². The van der Waals surface area contributed by atoms with Crippen molar-refractivity contribution in [3.05, 3.63) is 62.9 Å². The number of halogens is 5. The Hall–Kier alpha value is -2.69. The van der Waals surface area contributed by atoms with Gasteiger partial charge in [-0.2, -0.15) is 23.4 Å². The quantitative estimate of drug-likeness (QED) is 0.534. The molecule has 160 valence electrons. The van der Waals surface area contributed by atoms with Crippen molar-refractivity contribution in [3.8, 4) is 0 Å². The van der Waals surface area contributed by atoms with Gasteiger partial charge >= 0.3 is 6.18 Å². The third-order valence-electron chi connectivity index (χ3n) is 4.62. The van der Waals surface area contributed by atoms with Crippen molar-refractivity contribution in [2.75, 3.05) is 5.32 Å². The molecule has 0 radical (unpaired) electrons. The number of carbonyl (C=O) groups is 1. The van der Waals surface area contributed by atoms with Crippen molar-refractivity contribution < 1.29 is 22.4 Å². The standard InChI is InChI=1S/C19H18BrF4N5O/c1-10-17(12(3)28(26-10)8-13-6-4-5-7-14(13)21)25-15(30)9-29-11(2)16(20)18(27-29)19(22,23)24/h4-7H,8-9H2,1-3H3,(H,25,30). The number of nitrogens with zero attached hydrogens (tertiary/aromatic N) is 4. The van der Waals surface area contributed by atoms with Crippen LogP contribution in [-0.2, 0) is 24.1 Å². The summed E-state index contributed by atoms with van der Waals surface area (Å²) in [4.78, 5) is 12.5. The molecule has 6 nitrogen and oxygen atoms in total. The Kier molecular flexibility index (Phi) is 6.02. The Bertz CT molecular complexity index is 1100. The fourth-order valence-electron chi connectivity index (χ4n) is 2.99. The molecule has 0 unspecified atom stereocenters. The average molecular weight is 488 g/mol. The van der Waals surface area contributed by atoms with Crippen LogP contribution in [0.25, 0.3) is 0 Å². The first-order chi connectivity index (χ1) is 14.0. The Labute approximate surface area is 178 Å². The average Bonchev–Trinajstić information content (AvgIpc) is 3.08. The van der Waals surface area contributed by atoms with Crippen LogP contribution >= 0.6 is 15.9 Å². The highest BCUT2D eigenvalue weighted by molar-refractivity contribution is 9.10. The van der Waals surface area contributed by atoms with Crippen LogP contribution in [0, 0.1) is 26.6 Å². The number of anilines is 1. The zero-order valence-electron chi connectivity index (χ0n) is 16.3. The van der Waals surface area contributed by atoms with Gasteiger partial charge in [-0.05, 0) is 42.8 Å². The van der Waals surface area contributed by atoms with Crippen LogP contribution in [0.3, 0.4) is 0 Å². The zero-order chi connectivity index (χ0) is 22.2. The van der Waals surface area contributed by atoms with Crippen LogP contribution in [0.5, 0.6) is 0 Å². The molecule has 0 fully saturated rings. The van der Waals surface area contributed by atoms with Crippen LogP contribution in [0.4, 0.5) is 23.2 Å². The number of hydrogen-bond donors (Lipinski definition) is 1. The number of alkyl halides is 3. The van der Waals surface area contributed by atoms with Gasteiger partial charge in [0.1, 0.15) is 12.4 Å². The minimum Gasteiger partial charge on any atom is -0.321 e. The highest BCUT2D eigenvalue weighted by Crippen LogP contribution is 2.35. The van der Waals surface area contributed by atoms with Gasteiger partial charge in [-0.1, -0.05) is 18.2 Å². The van der Waals surface area contributed by atoms with Gasteiger partial charge < -0.3 is 5.32 Å². The fourth-order valence-corrected chi connectivity index (χ4v) is 3.50. The fraction of sp³-hybridized carbons (Fsp3) is 0.316. The van der Waals surface area contributed by atoms with Crippen molar-refractivity contribution in [1.82, 2.24) is 19.6 Å². The number of carbonyl (C=O) groups excluding carboxylic acids is 1. The van der Waals surface area contributed by atoms with Crippen LogP contribution in [0.2, 0.25) is 0 Å². The molecule has 0 spiro atoms. The number of hydrogen-bond acceptors (Lipinski definition) is 3. The summed E-state index contributed by atoms with van der Waals surface area (Å²) in [6.45, 7) is 4.60. The smallest absolute Gasteiger partial charge is 0.321 e. The van der Waals surface area contributed by atoms with Gasteiger partial charge in [0, 0.05) is 5.56 Å². The molecule has 0 atom stereocenters. The Morgan fingerprint density at radius 2 is 1.77 bits per heavy atom. The monoisotopic (exact) mass is 487 g/mol. The third-order valence-corrected chi connectivity index (χ3v) is 5.57. The molecule has 11 heteroatoms. The predicted molar refractivity (Wildman–Crippen MR) is 105 cm³/mol. The van der Waals surface area contributed by atoms with Crippen LogP contribution in [0.1, 0.15) is 28.3 Å². The normalized spacial score (nSPS) is 11.7. The summed E-state index contributed by atoms with van der Waals surface area (Å²) in [5, 5.41) is 10.5. The maximum Gasteiger partial charge on any atom is 0.436 e. The molecule has 1 amide bonds. The molecule has 2 heterocycles. The minimum absolute atomic E-state index is 0.176. The van der Waals surface area contributed by atoms with Gasteiger partial charge in [-0.15, -0.1) is 0 Å². The van der Waals surface area contributed by atoms with Crippen molar-refractivity contribution in [1.29, 1.82) is 0 Å². The minimum atomic E-state index is -4.63. The molecule has 0 saturated carbocycles. The lowest BCUT2D eigenvalue weighted by Gasteiger charge is -2.09. The molecule has 3 aromatic rings. The first-order valence-corrected chi connectivity index (χ1v) is 9.65. The van der Waals surface area contributed by atoms with Gasteiger partial charge in [0.2, 0.25) is 5.91 Å². The largest absolute Gasteiger partial charge is 0.436 e. The lowest BCUT2D eigenvalue weighted by atomic mass is 10.2. The summed E-state index contributed by atoms with van der Waals surface area (Å²) in [7, 11) is 0. The highest BCUT2D eigenvalue weighted by Gasteiger charge is 2.38. The maximum atomic E-state index is 13.9. The summed E-state index contributed by atoms with van der Waals surface area (Å²) in [6, 6.07) is 6.29. The second kappa shape index (κ2) is 8.21. The van der Waals surface area contributed by atoms with E-state index in [1.807, 2.05) is 0 Å². The highest BCUT2D eigenvalue weighted by atomic mass is 79.9. The molecule has 0 aliphatic carbocycles. The predicted octanol–water partition coefficient (Wildman–Crippen LogP) is 4.61. The van der Waals surface area contributed by atoms with E-state index in [1.165, 1.54) is 13.0 Å². The number of rotatable bonds is 5. The summed E-state index contributed by atoms with van der Waals surface area (Å²) in [6.07, 6.45) is -4.63. The van der Waals surface area contributed by atoms with E-state index in [0.717, 1.165) is 4.68 Å². The molecule has 0 saturated heterocycles. The van der Waals surface area contributed by atoms with Gasteiger partial charge in [-0.3, -0.25) is 14.2 Å². The third kappa shape index (κ3) is 4.40. The molecular weight excluding hydrogens is 470 g/mol.